The van der Waals surface area contributed by atoms with Gasteiger partial charge in [0.15, 0.2) is 39.5 Å². The second-order valence-electron chi connectivity index (χ2n) is 7.98. The van der Waals surface area contributed by atoms with Crippen LogP contribution in [-0.4, -0.2) is 76.5 Å². The highest BCUT2D eigenvalue weighted by Crippen LogP contribution is 2.40. The van der Waals surface area contributed by atoms with Gasteiger partial charge in [-0.15, -0.1) is 10.2 Å². The number of sulfone groups is 1. The van der Waals surface area contributed by atoms with Gasteiger partial charge in [0.2, 0.25) is 0 Å². The van der Waals surface area contributed by atoms with Gasteiger partial charge in [0.1, 0.15) is 24.0 Å². The predicted octanol–water partition coefficient (Wildman–Crippen LogP) is 2.85. The summed E-state index contributed by atoms with van der Waals surface area (Å²) in [6.07, 6.45) is -0.486. The molecular formula is C21H22ClF3N6O5S. The highest BCUT2D eigenvalue weighted by Gasteiger charge is 2.34. The molecule has 200 valence electrons. The maximum atomic E-state index is 12.9. The van der Waals surface area contributed by atoms with E-state index in [0.29, 0.717) is 17.5 Å². The number of fused-ring (bicyclic) bond motifs is 3. The summed E-state index contributed by atoms with van der Waals surface area (Å²) in [5, 5.41) is 8.52. The first kappa shape index (κ1) is 27.0. The molecule has 0 saturated heterocycles. The first-order valence-corrected chi connectivity index (χ1v) is 13.3. The number of rotatable bonds is 10. The summed E-state index contributed by atoms with van der Waals surface area (Å²) in [5.74, 6) is -0.388. The Morgan fingerprint density at radius 1 is 1.22 bits per heavy atom. The predicted molar refractivity (Wildman–Crippen MR) is 124 cm³/mol. The van der Waals surface area contributed by atoms with Crippen LogP contribution < -0.4 is 9.47 Å². The molecule has 3 aromatic rings. The van der Waals surface area contributed by atoms with Gasteiger partial charge < -0.3 is 14.2 Å². The van der Waals surface area contributed by atoms with Crippen molar-refractivity contribution in [1.29, 1.82) is 0 Å². The van der Waals surface area contributed by atoms with Gasteiger partial charge >= 0.3 is 6.18 Å². The van der Waals surface area contributed by atoms with Crippen LogP contribution in [0.25, 0.3) is 11.5 Å². The summed E-state index contributed by atoms with van der Waals surface area (Å²) in [5.41, 5.74) is 0.0735. The molecule has 0 fully saturated rings. The van der Waals surface area contributed by atoms with Crippen LogP contribution in [0.4, 0.5) is 13.2 Å². The van der Waals surface area contributed by atoms with Crippen LogP contribution in [0.1, 0.15) is 24.6 Å². The molecule has 4 heterocycles. The van der Waals surface area contributed by atoms with E-state index in [1.165, 1.54) is 24.7 Å². The van der Waals surface area contributed by atoms with Crippen LogP contribution in [0, 0.1) is 0 Å². The molecule has 0 aliphatic carbocycles. The third-order valence-corrected chi connectivity index (χ3v) is 6.92. The van der Waals surface area contributed by atoms with E-state index < -0.39 is 34.4 Å². The number of aromatic nitrogens is 6. The lowest BCUT2D eigenvalue weighted by Gasteiger charge is -2.19. The molecular weight excluding hydrogens is 541 g/mol. The average molecular weight is 563 g/mol. The van der Waals surface area contributed by atoms with Crippen LogP contribution in [0.2, 0.25) is 5.02 Å². The molecule has 0 amide bonds. The normalized spacial score (nSPS) is 15.4. The summed E-state index contributed by atoms with van der Waals surface area (Å²) in [4.78, 5) is 12.2. The van der Waals surface area contributed by atoms with Crippen molar-refractivity contribution in [3.8, 4) is 23.0 Å². The molecule has 0 radical (unpaired) electrons. The van der Waals surface area contributed by atoms with Crippen molar-refractivity contribution in [3.05, 3.63) is 41.3 Å². The van der Waals surface area contributed by atoms with Gasteiger partial charge in [-0.25, -0.2) is 23.4 Å². The van der Waals surface area contributed by atoms with Gasteiger partial charge in [-0.2, -0.15) is 13.2 Å². The topological polar surface area (TPSA) is 131 Å². The van der Waals surface area contributed by atoms with Gasteiger partial charge in [0, 0.05) is 37.7 Å². The Morgan fingerprint density at radius 2 is 1.97 bits per heavy atom. The number of pyridine rings is 1. The van der Waals surface area contributed by atoms with Gasteiger partial charge in [0.05, 0.1) is 23.4 Å². The van der Waals surface area contributed by atoms with Gasteiger partial charge in [-0.1, -0.05) is 11.6 Å². The van der Waals surface area contributed by atoms with E-state index in [0.717, 1.165) is 0 Å². The molecule has 4 rings (SSSR count). The van der Waals surface area contributed by atoms with Crippen molar-refractivity contribution in [3.63, 3.8) is 0 Å². The van der Waals surface area contributed by atoms with Crippen LogP contribution in [0.5, 0.6) is 11.5 Å². The molecule has 3 aromatic heterocycles. The molecule has 0 N–H and O–H groups in total. The summed E-state index contributed by atoms with van der Waals surface area (Å²) in [7, 11) is -3.70. The van der Waals surface area contributed by atoms with Crippen molar-refractivity contribution in [1.82, 2.24) is 29.7 Å². The minimum atomic E-state index is -4.56. The lowest BCUT2D eigenvalue weighted by atomic mass is 10.2. The molecule has 1 aliphatic heterocycles. The fourth-order valence-electron chi connectivity index (χ4n) is 3.58. The highest BCUT2D eigenvalue weighted by atomic mass is 35.5. The lowest BCUT2D eigenvalue weighted by molar-refractivity contribution is -0.153. The number of nitrogens with zero attached hydrogens (tertiary/aromatic N) is 6. The molecule has 11 nitrogen and oxygen atoms in total. The summed E-state index contributed by atoms with van der Waals surface area (Å²) in [6.45, 7) is 0.669. The summed E-state index contributed by atoms with van der Waals surface area (Å²) in [6, 6.07) is 0.664. The zero-order valence-electron chi connectivity index (χ0n) is 19.5. The summed E-state index contributed by atoms with van der Waals surface area (Å²) < 4.78 is 81.9. The SMILES string of the molecule is CCOC[C@H]1COc2c(OCC(F)(F)F)ccnc2-c2nnc(CS(=O)(=O)CCc3ncc(Cl)cn3)n21. The minimum Gasteiger partial charge on any atom is -0.485 e. The van der Waals surface area contributed by atoms with Crippen molar-refractivity contribution >= 4 is 21.4 Å². The Balaban J connectivity index is 1.64. The molecule has 37 heavy (non-hydrogen) atoms. The van der Waals surface area contributed by atoms with E-state index in [-0.39, 0.29) is 54.2 Å². The second-order valence-corrected chi connectivity index (χ2v) is 10.6. The van der Waals surface area contributed by atoms with E-state index in [1.54, 1.807) is 11.5 Å². The lowest BCUT2D eigenvalue weighted by Crippen LogP contribution is -2.25. The monoisotopic (exact) mass is 562 g/mol. The van der Waals surface area contributed by atoms with E-state index in [9.17, 15) is 21.6 Å². The Labute approximate surface area is 214 Å². The summed E-state index contributed by atoms with van der Waals surface area (Å²) >= 11 is 5.77. The third-order valence-electron chi connectivity index (χ3n) is 5.20. The smallest absolute Gasteiger partial charge is 0.422 e. The first-order chi connectivity index (χ1) is 17.6. The fraction of sp³-hybridized carbons (Fsp3) is 0.476. The van der Waals surface area contributed by atoms with E-state index in [4.69, 9.17) is 25.8 Å². The maximum Gasteiger partial charge on any atom is 0.422 e. The van der Waals surface area contributed by atoms with Crippen molar-refractivity contribution < 1.29 is 35.8 Å². The highest BCUT2D eigenvalue weighted by molar-refractivity contribution is 7.90. The largest absolute Gasteiger partial charge is 0.485 e. The van der Waals surface area contributed by atoms with Crippen LogP contribution in [-0.2, 0) is 26.7 Å². The molecule has 0 saturated carbocycles. The Kier molecular flexibility index (Phi) is 8.14. The second kappa shape index (κ2) is 11.1. The van der Waals surface area contributed by atoms with Crippen LogP contribution >= 0.6 is 11.6 Å². The Bertz CT molecular complexity index is 1340. The molecule has 0 aromatic carbocycles. The maximum absolute atomic E-state index is 12.9. The van der Waals surface area contributed by atoms with Crippen molar-refractivity contribution in [2.75, 3.05) is 32.2 Å². The Morgan fingerprint density at radius 3 is 2.68 bits per heavy atom. The molecule has 0 bridgehead atoms. The molecule has 0 spiro atoms. The number of aryl methyl sites for hydroxylation is 1. The quantitative estimate of drug-likeness (QED) is 0.363. The first-order valence-electron chi connectivity index (χ1n) is 11.1. The number of halogens is 4. The number of alkyl halides is 3. The van der Waals surface area contributed by atoms with Crippen LogP contribution in [0.15, 0.2) is 24.7 Å². The number of ether oxygens (including phenoxy) is 3. The minimum absolute atomic E-state index is 0.0475. The zero-order chi connectivity index (χ0) is 26.6. The molecule has 16 heteroatoms. The van der Waals surface area contributed by atoms with Crippen LogP contribution in [0.3, 0.4) is 0 Å². The van der Waals surface area contributed by atoms with Gasteiger partial charge in [-0.05, 0) is 6.92 Å². The fourth-order valence-corrected chi connectivity index (χ4v) is 4.91. The zero-order valence-corrected chi connectivity index (χ0v) is 21.1. The van der Waals surface area contributed by atoms with Gasteiger partial charge in [0.25, 0.3) is 0 Å². The standard InChI is InChI=1S/C21H22ClF3N6O5S/c1-2-34-9-14-10-35-19-15(36-12-21(23,24)25)3-5-26-18(19)20-30-29-17(31(14)20)11-37(32,33)6-4-16-27-7-13(22)8-28-16/h3,5,7-8,14H,2,4,6,9-12H2,1H3/t14-/m0/s1. The molecule has 1 aliphatic rings. The Hall–Kier alpha value is -3.04. The van der Waals surface area contributed by atoms with E-state index >= 15 is 0 Å². The molecule has 1 atom stereocenters. The number of hydrogen-bond donors (Lipinski definition) is 0. The average Bonchev–Trinajstić information content (AvgIpc) is 3.16. The van der Waals surface area contributed by atoms with E-state index in [1.807, 2.05) is 0 Å². The number of hydrogen-bond acceptors (Lipinski definition) is 10. The van der Waals surface area contributed by atoms with Gasteiger partial charge in [-0.3, -0.25) is 4.57 Å². The van der Waals surface area contributed by atoms with Crippen molar-refractivity contribution in [2.24, 2.45) is 0 Å². The molecule has 0 unspecified atom stereocenters. The third kappa shape index (κ3) is 6.84. The van der Waals surface area contributed by atoms with E-state index in [2.05, 4.69) is 25.1 Å². The van der Waals surface area contributed by atoms with Crippen molar-refractivity contribution in [2.45, 2.75) is 31.3 Å².